The molecular weight excluding hydrogens is 380 g/mol. The number of aromatic amines is 1. The minimum Gasteiger partial charge on any atom is -0.478 e. The highest BCUT2D eigenvalue weighted by Crippen LogP contribution is 2.36. The quantitative estimate of drug-likeness (QED) is 0.448. The third kappa shape index (κ3) is 2.88. The van der Waals surface area contributed by atoms with Crippen LogP contribution in [0.4, 0.5) is 0 Å². The Bertz CT molecular complexity index is 1410. The van der Waals surface area contributed by atoms with Gasteiger partial charge in [0.25, 0.3) is 0 Å². The second-order valence-corrected chi connectivity index (χ2v) is 7.15. The number of nitrogens with one attached hydrogen (secondary N) is 1. The molecule has 2 aromatic carbocycles. The van der Waals surface area contributed by atoms with E-state index in [1.807, 2.05) is 62.5 Å². The molecule has 0 fully saturated rings. The number of aromatic nitrogens is 4. The van der Waals surface area contributed by atoms with Crippen LogP contribution >= 0.6 is 0 Å². The van der Waals surface area contributed by atoms with Crippen molar-refractivity contribution < 1.29 is 14.6 Å². The Kier molecular flexibility index (Phi) is 4.03. The first-order valence-corrected chi connectivity index (χ1v) is 9.43. The first-order valence-electron chi connectivity index (χ1n) is 9.43. The van der Waals surface area contributed by atoms with Crippen molar-refractivity contribution in [1.29, 1.82) is 0 Å². The molecule has 0 aliphatic rings. The molecule has 5 rings (SSSR count). The standard InChI is InChI=1S/C23H18N4O3/c1-13-6-8-14(9-7-13)30-19-5-3-4-15-21(19)26-27(2)22(15)18-12-17-20(25-18)16(23(28)29)10-11-24-17/h3-12,25H,1-2H3,(H,28,29). The van der Waals surface area contributed by atoms with Crippen molar-refractivity contribution in [3.8, 4) is 22.9 Å². The van der Waals surface area contributed by atoms with Crippen LogP contribution < -0.4 is 4.74 Å². The van der Waals surface area contributed by atoms with Gasteiger partial charge in [-0.2, -0.15) is 5.10 Å². The van der Waals surface area contributed by atoms with Gasteiger partial charge in [0.05, 0.1) is 28.0 Å². The molecule has 2 N–H and O–H groups in total. The monoisotopic (exact) mass is 398 g/mol. The van der Waals surface area contributed by atoms with Gasteiger partial charge in [0.2, 0.25) is 0 Å². The molecule has 0 aliphatic carbocycles. The summed E-state index contributed by atoms with van der Waals surface area (Å²) in [5.41, 5.74) is 4.71. The molecule has 3 aromatic heterocycles. The maximum atomic E-state index is 11.5. The maximum Gasteiger partial charge on any atom is 0.337 e. The van der Waals surface area contributed by atoms with Gasteiger partial charge >= 0.3 is 5.97 Å². The molecule has 5 aromatic rings. The number of hydrogen-bond donors (Lipinski definition) is 2. The second-order valence-electron chi connectivity index (χ2n) is 7.15. The van der Waals surface area contributed by atoms with Gasteiger partial charge in [0.15, 0.2) is 5.75 Å². The summed E-state index contributed by atoms with van der Waals surface area (Å²) in [4.78, 5) is 19.1. The Morgan fingerprint density at radius 3 is 2.70 bits per heavy atom. The lowest BCUT2D eigenvalue weighted by molar-refractivity contribution is 0.0698. The minimum absolute atomic E-state index is 0.182. The van der Waals surface area contributed by atoms with Crippen LogP contribution in [0.3, 0.4) is 0 Å². The van der Waals surface area contributed by atoms with Gasteiger partial charge in [-0.1, -0.05) is 29.8 Å². The second kappa shape index (κ2) is 6.73. The Morgan fingerprint density at radius 2 is 1.93 bits per heavy atom. The van der Waals surface area contributed by atoms with Gasteiger partial charge in [-0.15, -0.1) is 0 Å². The number of pyridine rings is 1. The average Bonchev–Trinajstić information content (AvgIpc) is 3.29. The first-order chi connectivity index (χ1) is 14.5. The number of fused-ring (bicyclic) bond motifs is 2. The summed E-state index contributed by atoms with van der Waals surface area (Å²) in [5.74, 6) is 0.388. The van der Waals surface area contributed by atoms with Crippen molar-refractivity contribution in [1.82, 2.24) is 19.7 Å². The molecule has 0 amide bonds. The lowest BCUT2D eigenvalue weighted by Gasteiger charge is -2.06. The van der Waals surface area contributed by atoms with Crippen molar-refractivity contribution in [3.05, 3.63) is 71.9 Å². The lowest BCUT2D eigenvalue weighted by atomic mass is 10.1. The molecule has 0 spiro atoms. The molecule has 7 nitrogen and oxygen atoms in total. The summed E-state index contributed by atoms with van der Waals surface area (Å²) in [5, 5.41) is 15.0. The van der Waals surface area contributed by atoms with Gasteiger partial charge < -0.3 is 14.8 Å². The van der Waals surface area contributed by atoms with Gasteiger partial charge in [-0.05, 0) is 37.3 Å². The number of aromatic carboxylic acids is 1. The number of H-pyrrole nitrogens is 1. The van der Waals surface area contributed by atoms with Crippen LogP contribution in [0.2, 0.25) is 0 Å². The number of rotatable bonds is 4. The van der Waals surface area contributed by atoms with E-state index in [1.165, 1.54) is 12.3 Å². The fraction of sp³-hybridized carbons (Fsp3) is 0.0870. The Balaban J connectivity index is 1.65. The normalized spacial score (nSPS) is 11.3. The Hall–Kier alpha value is -4.13. The highest BCUT2D eigenvalue weighted by molar-refractivity contribution is 6.03. The van der Waals surface area contributed by atoms with Crippen molar-refractivity contribution in [2.24, 2.45) is 7.05 Å². The number of carbonyl (C=O) groups is 1. The van der Waals surface area contributed by atoms with Crippen LogP contribution in [0.25, 0.3) is 33.3 Å². The van der Waals surface area contributed by atoms with E-state index in [-0.39, 0.29) is 5.56 Å². The molecule has 0 saturated carbocycles. The fourth-order valence-corrected chi connectivity index (χ4v) is 3.66. The summed E-state index contributed by atoms with van der Waals surface area (Å²) in [6.45, 7) is 2.03. The first kappa shape index (κ1) is 17.9. The average molecular weight is 398 g/mol. The van der Waals surface area contributed by atoms with E-state index >= 15 is 0 Å². The molecule has 0 atom stereocenters. The maximum absolute atomic E-state index is 11.5. The Labute approximate surface area is 171 Å². The highest BCUT2D eigenvalue weighted by atomic mass is 16.5. The van der Waals surface area contributed by atoms with Crippen LogP contribution in [0, 0.1) is 6.92 Å². The van der Waals surface area contributed by atoms with Gasteiger partial charge in [-0.25, -0.2) is 4.79 Å². The third-order valence-electron chi connectivity index (χ3n) is 5.08. The van der Waals surface area contributed by atoms with E-state index in [9.17, 15) is 9.90 Å². The van der Waals surface area contributed by atoms with Crippen molar-refractivity contribution >= 4 is 27.9 Å². The molecule has 0 radical (unpaired) electrons. The number of benzene rings is 2. The van der Waals surface area contributed by atoms with Crippen molar-refractivity contribution in [2.45, 2.75) is 6.92 Å². The molecule has 0 saturated heterocycles. The molecule has 148 valence electrons. The summed E-state index contributed by atoms with van der Waals surface area (Å²) in [6.07, 6.45) is 1.50. The van der Waals surface area contributed by atoms with Crippen molar-refractivity contribution in [3.63, 3.8) is 0 Å². The van der Waals surface area contributed by atoms with Crippen LogP contribution in [0.15, 0.2) is 60.8 Å². The number of carboxylic acid groups (broad SMARTS) is 1. The number of aryl methyl sites for hydroxylation is 2. The van der Waals surface area contributed by atoms with Crippen molar-refractivity contribution in [2.75, 3.05) is 0 Å². The molecule has 7 heteroatoms. The highest BCUT2D eigenvalue weighted by Gasteiger charge is 2.19. The van der Waals surface area contributed by atoms with Gasteiger partial charge in [-0.3, -0.25) is 9.67 Å². The molecule has 30 heavy (non-hydrogen) atoms. The fourth-order valence-electron chi connectivity index (χ4n) is 3.66. The largest absolute Gasteiger partial charge is 0.478 e. The van der Waals surface area contributed by atoms with E-state index in [2.05, 4.69) is 15.1 Å². The zero-order valence-electron chi connectivity index (χ0n) is 16.4. The predicted octanol–water partition coefficient (Wildman–Crippen LogP) is 4.92. The van der Waals surface area contributed by atoms with Crippen LogP contribution in [0.5, 0.6) is 11.5 Å². The topological polar surface area (TPSA) is 93.0 Å². The zero-order valence-corrected chi connectivity index (χ0v) is 16.4. The SMILES string of the molecule is Cc1ccc(Oc2cccc3c(-c4cc5nccc(C(=O)O)c5[nH]4)n(C)nc23)cc1. The van der Waals surface area contributed by atoms with Gasteiger partial charge in [0, 0.05) is 18.6 Å². The minimum atomic E-state index is -1.00. The smallest absolute Gasteiger partial charge is 0.337 e. The van der Waals surface area contributed by atoms with E-state index in [0.29, 0.717) is 16.8 Å². The number of nitrogens with zero attached hydrogens (tertiary/aromatic N) is 3. The van der Waals surface area contributed by atoms with Crippen LogP contribution in [0.1, 0.15) is 15.9 Å². The number of hydrogen-bond acceptors (Lipinski definition) is 4. The predicted molar refractivity (Wildman–Crippen MR) is 114 cm³/mol. The molecule has 3 heterocycles. The lowest BCUT2D eigenvalue weighted by Crippen LogP contribution is -1.98. The zero-order chi connectivity index (χ0) is 20.8. The molecular formula is C23H18N4O3. The summed E-state index contributed by atoms with van der Waals surface area (Å²) >= 11 is 0. The Morgan fingerprint density at radius 1 is 1.13 bits per heavy atom. The van der Waals surface area contributed by atoms with Crippen LogP contribution in [-0.2, 0) is 7.05 Å². The summed E-state index contributed by atoms with van der Waals surface area (Å²) in [7, 11) is 1.85. The third-order valence-corrected chi connectivity index (χ3v) is 5.08. The summed E-state index contributed by atoms with van der Waals surface area (Å²) in [6, 6.07) is 16.9. The number of carboxylic acids is 1. The van der Waals surface area contributed by atoms with E-state index < -0.39 is 5.97 Å². The van der Waals surface area contributed by atoms with E-state index in [1.54, 1.807) is 4.68 Å². The molecule has 0 unspecified atom stereocenters. The molecule has 0 aliphatic heterocycles. The van der Waals surface area contributed by atoms with E-state index in [4.69, 9.17) is 4.74 Å². The summed E-state index contributed by atoms with van der Waals surface area (Å²) < 4.78 is 7.85. The number of ether oxygens (including phenoxy) is 1. The van der Waals surface area contributed by atoms with Gasteiger partial charge in [0.1, 0.15) is 11.3 Å². The molecule has 0 bridgehead atoms. The van der Waals surface area contributed by atoms with E-state index in [0.717, 1.165) is 33.6 Å². The van der Waals surface area contributed by atoms with Crippen LogP contribution in [-0.4, -0.2) is 30.8 Å².